The average Bonchev–Trinajstić information content (AvgIpc) is 3.41. The highest BCUT2D eigenvalue weighted by molar-refractivity contribution is 8.77. The van der Waals surface area contributed by atoms with E-state index in [9.17, 15) is 40.2 Å². The zero-order valence-corrected chi connectivity index (χ0v) is 19.2. The van der Waals surface area contributed by atoms with Crippen molar-refractivity contribution in [2.75, 3.05) is 19.0 Å². The van der Waals surface area contributed by atoms with E-state index in [0.717, 1.165) is 18.6 Å². The second-order valence-corrected chi connectivity index (χ2v) is 10.6. The van der Waals surface area contributed by atoms with Gasteiger partial charge in [0.15, 0.2) is 11.9 Å². The number of aliphatic hydroxyl groups is 6. The minimum Gasteiger partial charge on any atom is -0.505 e. The molecule has 0 aromatic carbocycles. The molecule has 0 saturated carbocycles. The monoisotopic (exact) mass is 512 g/mol. The van der Waals surface area contributed by atoms with Gasteiger partial charge in [-0.25, -0.2) is 4.79 Å². The fraction of sp³-hybridized carbons (Fsp3) is 0.789. The summed E-state index contributed by atoms with van der Waals surface area (Å²) in [6.07, 6.45) is -8.59. The molecule has 0 bridgehead atoms. The summed E-state index contributed by atoms with van der Waals surface area (Å²) in [6, 6.07) is 0. The standard InChI is InChI=1S/C19H28O12S2/c20-6-10-12(23)13(24)14(25)19(29-10)31-17-15(26)16(30-18(17)27)9(21)7-28-11(22)3-1-2-8-4-5-32-33-8/h8-10,12-14,16,19-21,23-26H,1-7H2/t8?,9-,10+,12+,13-,14+,16+,19?/m0/s1. The maximum absolute atomic E-state index is 12.1. The molecule has 3 heterocycles. The molecule has 0 amide bonds. The van der Waals surface area contributed by atoms with E-state index in [0.29, 0.717) is 11.7 Å². The Morgan fingerprint density at radius 1 is 1.21 bits per heavy atom. The predicted octanol–water partition coefficient (Wildman–Crippen LogP) is -1.27. The van der Waals surface area contributed by atoms with Crippen LogP contribution in [0.15, 0.2) is 11.5 Å². The second kappa shape index (κ2) is 11.9. The number of ether oxygens (including phenoxy) is 4. The van der Waals surface area contributed by atoms with Crippen molar-refractivity contribution >= 4 is 33.5 Å². The molecule has 3 rings (SSSR count). The highest BCUT2D eigenvalue weighted by atomic mass is 33.1. The first kappa shape index (κ1) is 26.3. The van der Waals surface area contributed by atoms with Crippen molar-refractivity contribution in [2.24, 2.45) is 0 Å². The van der Waals surface area contributed by atoms with Crippen molar-refractivity contribution in [3.8, 4) is 0 Å². The van der Waals surface area contributed by atoms with Gasteiger partial charge in [0.1, 0.15) is 37.1 Å². The van der Waals surface area contributed by atoms with Gasteiger partial charge in [0, 0.05) is 17.4 Å². The van der Waals surface area contributed by atoms with Gasteiger partial charge in [-0.3, -0.25) is 4.79 Å². The van der Waals surface area contributed by atoms with E-state index < -0.39 is 79.6 Å². The lowest BCUT2D eigenvalue weighted by atomic mass is 9.99. The molecule has 2 saturated heterocycles. The Hall–Kier alpha value is -1.26. The van der Waals surface area contributed by atoms with E-state index >= 15 is 0 Å². The first-order valence-electron chi connectivity index (χ1n) is 10.5. The number of cyclic esters (lactones) is 1. The van der Waals surface area contributed by atoms with Crippen LogP contribution in [0.3, 0.4) is 0 Å². The van der Waals surface area contributed by atoms with Gasteiger partial charge in [-0.2, -0.15) is 0 Å². The van der Waals surface area contributed by atoms with Gasteiger partial charge < -0.3 is 49.6 Å². The highest BCUT2D eigenvalue weighted by Gasteiger charge is 2.48. The van der Waals surface area contributed by atoms with Crippen molar-refractivity contribution in [3.63, 3.8) is 0 Å². The quantitative estimate of drug-likeness (QED) is 0.150. The number of rotatable bonds is 10. The van der Waals surface area contributed by atoms with Crippen LogP contribution in [-0.4, -0.2) is 110 Å². The van der Waals surface area contributed by atoms with Gasteiger partial charge in [0.2, 0.25) is 12.0 Å². The Kier molecular flexibility index (Phi) is 9.52. The second-order valence-electron chi connectivity index (χ2n) is 7.83. The van der Waals surface area contributed by atoms with Gasteiger partial charge in [0.05, 0.1) is 6.61 Å². The summed E-state index contributed by atoms with van der Waals surface area (Å²) < 4.78 is 20.1. The first-order valence-corrected chi connectivity index (χ1v) is 12.8. The van der Waals surface area contributed by atoms with Crippen LogP contribution in [0.4, 0.5) is 0 Å². The smallest absolute Gasteiger partial charge is 0.378 e. The van der Waals surface area contributed by atoms with Crippen LogP contribution >= 0.6 is 21.6 Å². The molecule has 0 radical (unpaired) electrons. The Morgan fingerprint density at radius 2 is 1.97 bits per heavy atom. The minimum atomic E-state index is -1.82. The van der Waals surface area contributed by atoms with Crippen molar-refractivity contribution in [2.45, 2.75) is 73.8 Å². The summed E-state index contributed by atoms with van der Waals surface area (Å²) in [5.74, 6) is -2.23. The predicted molar refractivity (Wildman–Crippen MR) is 114 cm³/mol. The Morgan fingerprint density at radius 3 is 2.64 bits per heavy atom. The normalized spacial score (nSPS) is 35.4. The van der Waals surface area contributed by atoms with E-state index in [1.807, 2.05) is 21.6 Å². The highest BCUT2D eigenvalue weighted by Crippen LogP contribution is 2.39. The maximum atomic E-state index is 12.1. The first-order chi connectivity index (χ1) is 15.7. The summed E-state index contributed by atoms with van der Waals surface area (Å²) in [6.45, 7) is -1.26. The molecule has 0 aliphatic carbocycles. The number of hydrogen-bond acceptors (Lipinski definition) is 14. The largest absolute Gasteiger partial charge is 0.505 e. The lowest BCUT2D eigenvalue weighted by molar-refractivity contribution is -0.291. The summed E-state index contributed by atoms with van der Waals surface area (Å²) in [7, 11) is 3.63. The van der Waals surface area contributed by atoms with Crippen LogP contribution < -0.4 is 0 Å². The van der Waals surface area contributed by atoms with Crippen LogP contribution in [-0.2, 0) is 28.5 Å². The fourth-order valence-electron chi connectivity index (χ4n) is 3.48. The third-order valence-electron chi connectivity index (χ3n) is 5.40. The van der Waals surface area contributed by atoms with Crippen molar-refractivity contribution in [1.29, 1.82) is 0 Å². The molecule has 14 heteroatoms. The third-order valence-corrected chi connectivity index (χ3v) is 8.41. The van der Waals surface area contributed by atoms with Gasteiger partial charge >= 0.3 is 11.9 Å². The zero-order chi connectivity index (χ0) is 24.1. The Balaban J connectivity index is 1.50. The lowest BCUT2D eigenvalue weighted by Gasteiger charge is -2.39. The Bertz CT molecular complexity index is 726. The molecule has 0 aromatic rings. The Labute approximate surface area is 197 Å². The molecule has 33 heavy (non-hydrogen) atoms. The molecule has 6 N–H and O–H groups in total. The number of hydrogen-bond donors (Lipinski definition) is 6. The fourth-order valence-corrected chi connectivity index (χ4v) is 6.51. The van der Waals surface area contributed by atoms with E-state index in [-0.39, 0.29) is 6.42 Å². The summed E-state index contributed by atoms with van der Waals surface area (Å²) in [4.78, 5) is 24.0. The molecule has 2 unspecified atom stereocenters. The molecular formula is C19H28O12S2. The zero-order valence-electron chi connectivity index (χ0n) is 17.5. The van der Waals surface area contributed by atoms with Crippen LogP contribution in [0.2, 0.25) is 0 Å². The van der Waals surface area contributed by atoms with E-state index in [1.54, 1.807) is 0 Å². The number of carbonyl (C=O) groups excluding carboxylic acids is 2. The topological polar surface area (TPSA) is 192 Å². The molecule has 0 aromatic heterocycles. The van der Waals surface area contributed by atoms with Crippen LogP contribution in [0.25, 0.3) is 0 Å². The molecule has 188 valence electrons. The minimum absolute atomic E-state index is 0.173. The molecule has 8 atom stereocenters. The van der Waals surface area contributed by atoms with Crippen LogP contribution in [0, 0.1) is 0 Å². The molecule has 0 spiro atoms. The number of esters is 2. The molecular weight excluding hydrogens is 484 g/mol. The lowest BCUT2D eigenvalue weighted by Crippen LogP contribution is -2.59. The third kappa shape index (κ3) is 6.45. The van der Waals surface area contributed by atoms with Gasteiger partial charge in [-0.1, -0.05) is 21.6 Å². The molecule has 3 aliphatic heterocycles. The SMILES string of the molecule is O=C(CCCC1CCSS1)OC[C@H](O)[C@H]1OC(=O)C(OC2O[C@H](CO)[C@@H](O)[C@H](O)[C@H]2O)=C1O. The average molecular weight is 513 g/mol. The molecule has 3 aliphatic rings. The van der Waals surface area contributed by atoms with Crippen LogP contribution in [0.1, 0.15) is 25.7 Å². The van der Waals surface area contributed by atoms with E-state index in [4.69, 9.17) is 18.9 Å². The summed E-state index contributed by atoms with van der Waals surface area (Å²) in [5, 5.41) is 59.8. The van der Waals surface area contributed by atoms with Crippen molar-refractivity contribution in [3.05, 3.63) is 11.5 Å². The van der Waals surface area contributed by atoms with E-state index in [1.165, 1.54) is 0 Å². The maximum Gasteiger partial charge on any atom is 0.378 e. The molecule has 2 fully saturated rings. The van der Waals surface area contributed by atoms with Crippen LogP contribution in [0.5, 0.6) is 0 Å². The number of carbonyl (C=O) groups is 2. The van der Waals surface area contributed by atoms with E-state index in [2.05, 4.69) is 0 Å². The van der Waals surface area contributed by atoms with Gasteiger partial charge in [-0.05, 0) is 19.3 Å². The van der Waals surface area contributed by atoms with Gasteiger partial charge in [0.25, 0.3) is 0 Å². The molecule has 12 nitrogen and oxygen atoms in total. The van der Waals surface area contributed by atoms with Gasteiger partial charge in [-0.15, -0.1) is 0 Å². The summed E-state index contributed by atoms with van der Waals surface area (Å²) in [5.41, 5.74) is 0. The van der Waals surface area contributed by atoms with Crippen molar-refractivity contribution < 1.29 is 59.2 Å². The summed E-state index contributed by atoms with van der Waals surface area (Å²) >= 11 is 0. The van der Waals surface area contributed by atoms with Crippen molar-refractivity contribution in [1.82, 2.24) is 0 Å². The number of aliphatic hydroxyl groups excluding tert-OH is 6.